The molecule has 0 amide bonds. The molecule has 1 saturated heterocycles. The number of halogens is 2. The fourth-order valence-electron chi connectivity index (χ4n) is 2.35. The van der Waals surface area contributed by atoms with Crippen molar-refractivity contribution < 1.29 is 0 Å². The van der Waals surface area contributed by atoms with Gasteiger partial charge in [0.1, 0.15) is 5.15 Å². The molecule has 1 aliphatic heterocycles. The van der Waals surface area contributed by atoms with E-state index >= 15 is 0 Å². The maximum absolute atomic E-state index is 5.89. The van der Waals surface area contributed by atoms with Crippen LogP contribution in [0.15, 0.2) is 16.7 Å². The average Bonchev–Trinajstić information content (AvgIpc) is 2.59. The number of anilines is 1. The molecule has 100 valence electrons. The van der Waals surface area contributed by atoms with Gasteiger partial charge in [-0.2, -0.15) is 0 Å². The van der Waals surface area contributed by atoms with Gasteiger partial charge >= 0.3 is 0 Å². The standard InChI is InChI=1S/C13H19BrClN3/c1-2-18-6-3-4-10(5-7-18)17-11-8-12(14)13(15)16-9-11/h8-10,17H,2-7H2,1H3. The predicted molar refractivity (Wildman–Crippen MR) is 80.3 cm³/mol. The molecule has 0 bridgehead atoms. The normalized spacial score (nSPS) is 21.6. The van der Waals surface area contributed by atoms with E-state index in [9.17, 15) is 0 Å². The van der Waals surface area contributed by atoms with Crippen LogP contribution in [0.4, 0.5) is 5.69 Å². The largest absolute Gasteiger partial charge is 0.381 e. The van der Waals surface area contributed by atoms with Gasteiger partial charge in [0.25, 0.3) is 0 Å². The summed E-state index contributed by atoms with van der Waals surface area (Å²) in [7, 11) is 0. The van der Waals surface area contributed by atoms with Crippen LogP contribution in [0.5, 0.6) is 0 Å². The first-order valence-corrected chi connectivity index (χ1v) is 7.66. The number of rotatable bonds is 3. The minimum atomic E-state index is 0.513. The Labute approximate surface area is 122 Å². The first-order valence-electron chi connectivity index (χ1n) is 6.49. The van der Waals surface area contributed by atoms with Gasteiger partial charge in [0.2, 0.25) is 0 Å². The third-order valence-electron chi connectivity index (χ3n) is 3.44. The number of hydrogen-bond acceptors (Lipinski definition) is 3. The van der Waals surface area contributed by atoms with Crippen molar-refractivity contribution >= 4 is 33.2 Å². The zero-order chi connectivity index (χ0) is 13.0. The highest BCUT2D eigenvalue weighted by Crippen LogP contribution is 2.24. The molecule has 1 fully saturated rings. The van der Waals surface area contributed by atoms with Crippen molar-refractivity contribution in [2.45, 2.75) is 32.2 Å². The summed E-state index contributed by atoms with van der Waals surface area (Å²) in [6.45, 7) is 5.78. The summed E-state index contributed by atoms with van der Waals surface area (Å²) in [6.07, 6.45) is 5.47. The van der Waals surface area contributed by atoms with Crippen LogP contribution >= 0.6 is 27.5 Å². The fraction of sp³-hybridized carbons (Fsp3) is 0.615. The zero-order valence-corrected chi connectivity index (χ0v) is 13.0. The molecule has 0 aromatic carbocycles. The topological polar surface area (TPSA) is 28.2 Å². The average molecular weight is 333 g/mol. The van der Waals surface area contributed by atoms with Crippen LogP contribution in [0, 0.1) is 0 Å². The monoisotopic (exact) mass is 331 g/mol. The quantitative estimate of drug-likeness (QED) is 0.854. The summed E-state index contributed by atoms with van der Waals surface area (Å²) in [5.74, 6) is 0. The van der Waals surface area contributed by atoms with Gasteiger partial charge in [0, 0.05) is 12.6 Å². The van der Waals surface area contributed by atoms with Crippen LogP contribution in [0.3, 0.4) is 0 Å². The fourth-order valence-corrected chi connectivity index (χ4v) is 2.80. The Hall–Kier alpha value is -0.320. The van der Waals surface area contributed by atoms with Crippen LogP contribution in [-0.4, -0.2) is 35.6 Å². The lowest BCUT2D eigenvalue weighted by Gasteiger charge is -2.19. The second-order valence-corrected chi connectivity index (χ2v) is 5.92. The van der Waals surface area contributed by atoms with Gasteiger partial charge in [-0.3, -0.25) is 0 Å². The summed E-state index contributed by atoms with van der Waals surface area (Å²) in [4.78, 5) is 6.66. The Bertz CT molecular complexity index is 400. The molecule has 1 aliphatic rings. The van der Waals surface area contributed by atoms with E-state index < -0.39 is 0 Å². The highest BCUT2D eigenvalue weighted by molar-refractivity contribution is 9.10. The summed E-state index contributed by atoms with van der Waals surface area (Å²) in [6, 6.07) is 2.54. The van der Waals surface area contributed by atoms with Crippen molar-refractivity contribution in [2.24, 2.45) is 0 Å². The molecule has 1 atom stereocenters. The number of nitrogens with one attached hydrogen (secondary N) is 1. The molecular weight excluding hydrogens is 314 g/mol. The van der Waals surface area contributed by atoms with Crippen molar-refractivity contribution in [3.05, 3.63) is 21.9 Å². The SMILES string of the molecule is CCN1CCCC(Nc2cnc(Cl)c(Br)c2)CC1. The molecule has 3 nitrogen and oxygen atoms in total. The molecule has 1 unspecified atom stereocenters. The zero-order valence-electron chi connectivity index (χ0n) is 10.6. The smallest absolute Gasteiger partial charge is 0.143 e. The molecule has 5 heteroatoms. The molecule has 1 aromatic rings. The highest BCUT2D eigenvalue weighted by atomic mass is 79.9. The van der Waals surface area contributed by atoms with E-state index in [2.05, 4.69) is 38.1 Å². The van der Waals surface area contributed by atoms with E-state index in [1.807, 2.05) is 6.07 Å². The molecule has 1 aromatic heterocycles. The van der Waals surface area contributed by atoms with Gasteiger partial charge < -0.3 is 10.2 Å². The van der Waals surface area contributed by atoms with Crippen molar-refractivity contribution in [1.29, 1.82) is 0 Å². The van der Waals surface area contributed by atoms with Crippen LogP contribution in [0.2, 0.25) is 5.15 Å². The summed E-state index contributed by atoms with van der Waals surface area (Å²) >= 11 is 9.30. The maximum Gasteiger partial charge on any atom is 0.143 e. The first-order chi connectivity index (χ1) is 8.69. The summed E-state index contributed by atoms with van der Waals surface area (Å²) in [5.41, 5.74) is 1.04. The molecule has 2 rings (SSSR count). The molecule has 2 heterocycles. The Balaban J connectivity index is 1.94. The Morgan fingerprint density at radius 2 is 2.33 bits per heavy atom. The number of hydrogen-bond donors (Lipinski definition) is 1. The molecule has 0 spiro atoms. The van der Waals surface area contributed by atoms with E-state index in [-0.39, 0.29) is 0 Å². The first kappa shape index (κ1) is 14.1. The van der Waals surface area contributed by atoms with Crippen LogP contribution < -0.4 is 5.32 Å². The Kier molecular flexibility index (Phi) is 5.27. The van der Waals surface area contributed by atoms with Crippen LogP contribution in [-0.2, 0) is 0 Å². The summed E-state index contributed by atoms with van der Waals surface area (Å²) < 4.78 is 0.845. The van der Waals surface area contributed by atoms with Gasteiger partial charge in [-0.25, -0.2) is 4.98 Å². The third-order valence-corrected chi connectivity index (χ3v) is 4.57. The molecule has 0 radical (unpaired) electrons. The van der Waals surface area contributed by atoms with E-state index in [1.54, 1.807) is 6.20 Å². The Morgan fingerprint density at radius 1 is 1.50 bits per heavy atom. The molecule has 18 heavy (non-hydrogen) atoms. The Morgan fingerprint density at radius 3 is 3.06 bits per heavy atom. The second-order valence-electron chi connectivity index (χ2n) is 4.70. The van der Waals surface area contributed by atoms with Crippen molar-refractivity contribution in [1.82, 2.24) is 9.88 Å². The van der Waals surface area contributed by atoms with Crippen LogP contribution in [0.1, 0.15) is 26.2 Å². The maximum atomic E-state index is 5.89. The van der Waals surface area contributed by atoms with Crippen molar-refractivity contribution in [3.63, 3.8) is 0 Å². The van der Waals surface area contributed by atoms with E-state index in [1.165, 1.54) is 32.4 Å². The van der Waals surface area contributed by atoms with Crippen molar-refractivity contribution in [3.8, 4) is 0 Å². The number of nitrogens with zero attached hydrogens (tertiary/aromatic N) is 2. The number of likely N-dealkylation sites (tertiary alicyclic amines) is 1. The summed E-state index contributed by atoms with van der Waals surface area (Å²) in [5, 5.41) is 4.07. The number of aromatic nitrogens is 1. The van der Waals surface area contributed by atoms with Crippen molar-refractivity contribution in [2.75, 3.05) is 25.0 Å². The minimum absolute atomic E-state index is 0.513. The lowest BCUT2D eigenvalue weighted by Crippen LogP contribution is -2.26. The molecular formula is C13H19BrClN3. The van der Waals surface area contributed by atoms with E-state index in [0.29, 0.717) is 11.2 Å². The third kappa shape index (κ3) is 3.84. The highest BCUT2D eigenvalue weighted by Gasteiger charge is 2.16. The van der Waals surface area contributed by atoms with Gasteiger partial charge in [-0.1, -0.05) is 18.5 Å². The minimum Gasteiger partial charge on any atom is -0.381 e. The molecule has 0 saturated carbocycles. The predicted octanol–water partition coefficient (Wildman–Crippen LogP) is 3.78. The van der Waals surface area contributed by atoms with Gasteiger partial charge in [-0.05, 0) is 54.3 Å². The van der Waals surface area contributed by atoms with Gasteiger partial charge in [0.05, 0.1) is 16.4 Å². The lowest BCUT2D eigenvalue weighted by atomic mass is 10.1. The number of pyridine rings is 1. The second kappa shape index (κ2) is 6.73. The van der Waals surface area contributed by atoms with Crippen LogP contribution in [0.25, 0.3) is 0 Å². The lowest BCUT2D eigenvalue weighted by molar-refractivity contribution is 0.300. The molecule has 0 aliphatic carbocycles. The van der Waals surface area contributed by atoms with Gasteiger partial charge in [-0.15, -0.1) is 0 Å². The van der Waals surface area contributed by atoms with E-state index in [0.717, 1.165) is 16.7 Å². The van der Waals surface area contributed by atoms with E-state index in [4.69, 9.17) is 11.6 Å². The molecule has 1 N–H and O–H groups in total. The van der Waals surface area contributed by atoms with Gasteiger partial charge in [0.15, 0.2) is 0 Å².